The van der Waals surface area contributed by atoms with Gasteiger partial charge in [-0.2, -0.15) is 4.31 Å². The average Bonchev–Trinajstić information content (AvgIpc) is 2.69. The molecule has 0 bridgehead atoms. The van der Waals surface area contributed by atoms with E-state index in [1.807, 2.05) is 6.92 Å². The number of hydrogen-bond acceptors (Lipinski definition) is 4. The molecule has 29 heavy (non-hydrogen) atoms. The molecular weight excluding hydrogens is 393 g/mol. The Hall–Kier alpha value is -2.29. The topological polar surface area (TPSA) is 78.5 Å². The van der Waals surface area contributed by atoms with Crippen molar-refractivity contribution in [2.75, 3.05) is 25.0 Å². The summed E-state index contributed by atoms with van der Waals surface area (Å²) in [5.41, 5.74) is 2.09. The van der Waals surface area contributed by atoms with Crippen LogP contribution in [0.15, 0.2) is 47.4 Å². The molecule has 1 amide bonds. The van der Waals surface area contributed by atoms with Gasteiger partial charge in [0, 0.05) is 24.8 Å². The number of benzene rings is 2. The van der Waals surface area contributed by atoms with E-state index in [0.717, 1.165) is 11.1 Å². The lowest BCUT2D eigenvalue weighted by molar-refractivity contribution is -0.115. The predicted molar refractivity (Wildman–Crippen MR) is 113 cm³/mol. The Morgan fingerprint density at radius 1 is 1.10 bits per heavy atom. The fourth-order valence-corrected chi connectivity index (χ4v) is 4.40. The fraction of sp³-hybridized carbons (Fsp3) is 0.381. The Kier molecular flexibility index (Phi) is 7.89. The van der Waals surface area contributed by atoms with E-state index in [1.54, 1.807) is 45.0 Å². The molecule has 6 nitrogen and oxygen atoms in total. The van der Waals surface area contributed by atoms with Gasteiger partial charge in [-0.3, -0.25) is 4.79 Å². The zero-order valence-corrected chi connectivity index (χ0v) is 18.0. The van der Waals surface area contributed by atoms with Gasteiger partial charge < -0.3 is 10.6 Å². The van der Waals surface area contributed by atoms with Crippen LogP contribution in [0.3, 0.4) is 0 Å². The second-order valence-corrected chi connectivity index (χ2v) is 8.71. The molecule has 2 N–H and O–H groups in total. The van der Waals surface area contributed by atoms with Crippen molar-refractivity contribution < 1.29 is 17.6 Å². The number of amides is 1. The summed E-state index contributed by atoms with van der Waals surface area (Å²) in [5.74, 6) is -0.604. The van der Waals surface area contributed by atoms with Crippen molar-refractivity contribution in [3.63, 3.8) is 0 Å². The predicted octanol–water partition coefficient (Wildman–Crippen LogP) is 3.45. The Bertz CT molecular complexity index is 942. The molecule has 0 aliphatic rings. The number of aryl methyl sites for hydroxylation is 1. The van der Waals surface area contributed by atoms with Crippen LogP contribution in [0.2, 0.25) is 0 Å². The van der Waals surface area contributed by atoms with Crippen LogP contribution in [0.5, 0.6) is 0 Å². The number of carbonyl (C=O) groups is 1. The summed E-state index contributed by atoms with van der Waals surface area (Å²) in [6, 6.07) is 10.7. The lowest BCUT2D eigenvalue weighted by Gasteiger charge is -2.19. The highest BCUT2D eigenvalue weighted by Crippen LogP contribution is 2.23. The van der Waals surface area contributed by atoms with Crippen molar-refractivity contribution in [1.82, 2.24) is 9.62 Å². The minimum atomic E-state index is -3.61. The molecule has 0 saturated carbocycles. The van der Waals surface area contributed by atoms with Crippen LogP contribution < -0.4 is 10.6 Å². The number of rotatable bonds is 9. The monoisotopic (exact) mass is 421 g/mol. The second-order valence-electron chi connectivity index (χ2n) is 6.77. The number of hydrogen-bond donors (Lipinski definition) is 2. The third-order valence-corrected chi connectivity index (χ3v) is 6.81. The second kappa shape index (κ2) is 9.96. The lowest BCUT2D eigenvalue weighted by atomic mass is 10.1. The maximum Gasteiger partial charge on any atom is 0.243 e. The Labute approximate surface area is 172 Å². The maximum atomic E-state index is 13.0. The van der Waals surface area contributed by atoms with Gasteiger partial charge in [-0.1, -0.05) is 32.0 Å². The molecule has 2 aromatic rings. The van der Waals surface area contributed by atoms with Crippen molar-refractivity contribution in [1.29, 1.82) is 0 Å². The molecule has 0 heterocycles. The van der Waals surface area contributed by atoms with Crippen LogP contribution in [0.1, 0.15) is 37.9 Å². The lowest BCUT2D eigenvalue weighted by Crippen LogP contribution is -2.31. The summed E-state index contributed by atoms with van der Waals surface area (Å²) in [5, 5.41) is 5.85. The highest BCUT2D eigenvalue weighted by atomic mass is 32.2. The Balaban J connectivity index is 2.07. The number of nitrogens with one attached hydrogen (secondary N) is 2. The molecule has 2 rings (SSSR count). The molecule has 0 aromatic heterocycles. The Morgan fingerprint density at radius 2 is 1.72 bits per heavy atom. The molecule has 0 spiro atoms. The van der Waals surface area contributed by atoms with Gasteiger partial charge in [0.15, 0.2) is 0 Å². The molecule has 0 saturated heterocycles. The molecule has 0 aliphatic carbocycles. The van der Waals surface area contributed by atoms with Gasteiger partial charge in [0.05, 0.1) is 11.4 Å². The molecule has 8 heteroatoms. The number of anilines is 1. The van der Waals surface area contributed by atoms with Crippen molar-refractivity contribution in [2.24, 2.45) is 0 Å². The first kappa shape index (κ1) is 23.0. The number of nitrogens with zero attached hydrogens (tertiary/aromatic N) is 1. The minimum absolute atomic E-state index is 0.0327. The fourth-order valence-electron chi connectivity index (χ4n) is 2.92. The van der Waals surface area contributed by atoms with Crippen molar-refractivity contribution >= 4 is 21.6 Å². The van der Waals surface area contributed by atoms with Crippen LogP contribution in [0.25, 0.3) is 0 Å². The van der Waals surface area contributed by atoms with E-state index in [9.17, 15) is 17.6 Å². The van der Waals surface area contributed by atoms with Crippen LogP contribution >= 0.6 is 0 Å². The van der Waals surface area contributed by atoms with E-state index >= 15 is 0 Å². The summed E-state index contributed by atoms with van der Waals surface area (Å²) in [4.78, 5) is 12.5. The quantitative estimate of drug-likeness (QED) is 0.650. The molecule has 0 aliphatic heterocycles. The number of sulfonamides is 1. The molecule has 0 fully saturated rings. The normalized spacial score (nSPS) is 12.8. The average molecular weight is 422 g/mol. The van der Waals surface area contributed by atoms with Gasteiger partial charge in [0.25, 0.3) is 0 Å². The van der Waals surface area contributed by atoms with Crippen molar-refractivity contribution in [3.05, 3.63) is 59.4 Å². The van der Waals surface area contributed by atoms with Crippen LogP contribution in [0, 0.1) is 12.7 Å². The third kappa shape index (κ3) is 5.85. The summed E-state index contributed by atoms with van der Waals surface area (Å²) < 4.78 is 39.8. The van der Waals surface area contributed by atoms with Crippen molar-refractivity contribution in [2.45, 2.75) is 38.6 Å². The van der Waals surface area contributed by atoms with Gasteiger partial charge in [-0.25, -0.2) is 12.8 Å². The van der Waals surface area contributed by atoms with Crippen LogP contribution in [-0.2, 0) is 14.8 Å². The van der Waals surface area contributed by atoms with Gasteiger partial charge in [-0.05, 0) is 49.2 Å². The molecule has 1 atom stereocenters. The van der Waals surface area contributed by atoms with E-state index in [1.165, 1.54) is 22.5 Å². The smallest absolute Gasteiger partial charge is 0.243 e. The summed E-state index contributed by atoms with van der Waals surface area (Å²) in [7, 11) is -3.61. The molecule has 1 unspecified atom stereocenters. The Morgan fingerprint density at radius 3 is 2.31 bits per heavy atom. The van der Waals surface area contributed by atoms with Crippen LogP contribution in [0.4, 0.5) is 10.1 Å². The largest absolute Gasteiger partial charge is 0.325 e. The third-order valence-electron chi connectivity index (χ3n) is 4.77. The van der Waals surface area contributed by atoms with E-state index < -0.39 is 10.0 Å². The molecule has 158 valence electrons. The van der Waals surface area contributed by atoms with Gasteiger partial charge in [0.2, 0.25) is 15.9 Å². The van der Waals surface area contributed by atoms with Gasteiger partial charge in [0.1, 0.15) is 5.82 Å². The first-order valence-corrected chi connectivity index (χ1v) is 11.0. The highest BCUT2D eigenvalue weighted by Gasteiger charge is 2.22. The molecule has 2 aromatic carbocycles. The number of carbonyl (C=O) groups excluding carboxylic acids is 1. The maximum absolute atomic E-state index is 13.0. The summed E-state index contributed by atoms with van der Waals surface area (Å²) >= 11 is 0. The zero-order valence-electron chi connectivity index (χ0n) is 17.2. The molecule has 0 radical (unpaired) electrons. The van der Waals surface area contributed by atoms with Crippen molar-refractivity contribution in [3.8, 4) is 0 Å². The minimum Gasteiger partial charge on any atom is -0.325 e. The first-order chi connectivity index (χ1) is 13.7. The zero-order chi connectivity index (χ0) is 21.6. The summed E-state index contributed by atoms with van der Waals surface area (Å²) in [6.45, 7) is 8.03. The molecular formula is C21H28FN3O3S. The first-order valence-electron chi connectivity index (χ1n) is 9.58. The van der Waals surface area contributed by atoms with E-state index in [4.69, 9.17) is 0 Å². The van der Waals surface area contributed by atoms with E-state index in [2.05, 4.69) is 10.6 Å². The van der Waals surface area contributed by atoms with Gasteiger partial charge in [-0.15, -0.1) is 0 Å². The standard InChI is InChI=1S/C21H28FN3O3S/c1-5-25(6-2)29(27,28)19-12-7-15(3)20(13-19)24-21(26)14-23-16(4)17-8-10-18(22)11-9-17/h7-13,16,23H,5-6,14H2,1-4H3,(H,24,26). The SMILES string of the molecule is CCN(CC)S(=O)(=O)c1ccc(C)c(NC(=O)CNC(C)c2ccc(F)cc2)c1. The number of halogens is 1. The summed E-state index contributed by atoms with van der Waals surface area (Å²) in [6.07, 6.45) is 0. The van der Waals surface area contributed by atoms with Gasteiger partial charge >= 0.3 is 0 Å². The highest BCUT2D eigenvalue weighted by molar-refractivity contribution is 7.89. The van der Waals surface area contributed by atoms with E-state index in [0.29, 0.717) is 18.8 Å². The van der Waals surface area contributed by atoms with Crippen LogP contribution in [-0.4, -0.2) is 38.3 Å². The van der Waals surface area contributed by atoms with E-state index in [-0.39, 0.29) is 29.2 Å².